The van der Waals surface area contributed by atoms with Crippen molar-refractivity contribution in [2.45, 2.75) is 33.1 Å². The average molecular weight is 335 g/mol. The maximum absolute atomic E-state index is 11.9. The summed E-state index contributed by atoms with van der Waals surface area (Å²) >= 11 is 1.34. The first kappa shape index (κ1) is 16.1. The van der Waals surface area contributed by atoms with Crippen LogP contribution in [0.25, 0.3) is 10.2 Å². The molecule has 0 radical (unpaired) electrons. The van der Waals surface area contributed by atoms with Gasteiger partial charge in [-0.3, -0.25) is 0 Å². The first-order valence-electron chi connectivity index (χ1n) is 7.70. The number of nitrogens with one attached hydrogen (secondary N) is 1. The Balaban J connectivity index is 1.96. The lowest BCUT2D eigenvalue weighted by Crippen LogP contribution is -2.18. The highest BCUT2D eigenvalue weighted by Crippen LogP contribution is 2.48. The normalized spacial score (nSPS) is 15.7. The number of aliphatic hydroxyl groups excluding tert-OH is 1. The molecule has 2 heterocycles. The highest BCUT2D eigenvalue weighted by Gasteiger charge is 2.41. The van der Waals surface area contributed by atoms with E-state index in [0.717, 1.165) is 47.4 Å². The Kier molecular flexibility index (Phi) is 4.25. The zero-order chi connectivity index (χ0) is 16.6. The molecule has 0 atom stereocenters. The molecule has 7 heteroatoms. The van der Waals surface area contributed by atoms with Crippen molar-refractivity contribution in [3.8, 4) is 0 Å². The van der Waals surface area contributed by atoms with E-state index in [1.165, 1.54) is 18.4 Å². The third-order valence-corrected chi connectivity index (χ3v) is 5.67. The smallest absolute Gasteiger partial charge is 0.348 e. The van der Waals surface area contributed by atoms with Gasteiger partial charge in [-0.15, -0.1) is 11.3 Å². The van der Waals surface area contributed by atoms with Gasteiger partial charge in [0.05, 0.1) is 12.5 Å². The number of aromatic nitrogens is 2. The summed E-state index contributed by atoms with van der Waals surface area (Å²) in [7, 11) is 1.38. The second-order valence-electron chi connectivity index (χ2n) is 6.17. The minimum absolute atomic E-state index is 0.190. The fourth-order valence-corrected chi connectivity index (χ4v) is 4.01. The molecule has 0 aromatic carbocycles. The van der Waals surface area contributed by atoms with Gasteiger partial charge in [0, 0.05) is 13.2 Å². The summed E-state index contributed by atoms with van der Waals surface area (Å²) in [4.78, 5) is 22.2. The molecular weight excluding hydrogens is 314 g/mol. The monoisotopic (exact) mass is 335 g/mol. The Hall–Kier alpha value is -1.73. The van der Waals surface area contributed by atoms with Crippen LogP contribution in [0.1, 0.15) is 40.3 Å². The summed E-state index contributed by atoms with van der Waals surface area (Å²) in [6.07, 6.45) is 3.07. The summed E-state index contributed by atoms with van der Waals surface area (Å²) in [6, 6.07) is 0. The van der Waals surface area contributed by atoms with E-state index >= 15 is 0 Å². The maximum atomic E-state index is 11.9. The number of hydrogen-bond donors (Lipinski definition) is 2. The van der Waals surface area contributed by atoms with E-state index in [-0.39, 0.29) is 18.0 Å². The number of nitrogens with zero attached hydrogens (tertiary/aromatic N) is 2. The number of methoxy groups -OCH3 is 1. The quantitative estimate of drug-likeness (QED) is 0.790. The van der Waals surface area contributed by atoms with Crippen molar-refractivity contribution in [2.24, 2.45) is 5.41 Å². The van der Waals surface area contributed by atoms with Crippen molar-refractivity contribution >= 4 is 33.3 Å². The summed E-state index contributed by atoms with van der Waals surface area (Å²) < 4.78 is 4.85. The SMILES string of the molecule is COC(=O)c1sc2nc(C)nc(NCC3(CCO)CC3)c2c1C. The average Bonchev–Trinajstić information content (AvgIpc) is 3.21. The molecule has 0 amide bonds. The lowest BCUT2D eigenvalue weighted by atomic mass is 10.0. The number of carbonyl (C=O) groups excluding carboxylic acids is 1. The van der Waals surface area contributed by atoms with Gasteiger partial charge in [-0.25, -0.2) is 14.8 Å². The molecule has 1 fully saturated rings. The molecule has 0 bridgehead atoms. The number of hydrogen-bond acceptors (Lipinski definition) is 7. The number of fused-ring (bicyclic) bond motifs is 1. The number of ether oxygens (including phenoxy) is 1. The Morgan fingerprint density at radius 2 is 2.13 bits per heavy atom. The van der Waals surface area contributed by atoms with Gasteiger partial charge in [-0.2, -0.15) is 0 Å². The maximum Gasteiger partial charge on any atom is 0.348 e. The number of carbonyl (C=O) groups is 1. The Morgan fingerprint density at radius 3 is 2.74 bits per heavy atom. The summed E-state index contributed by atoms with van der Waals surface area (Å²) in [5.74, 6) is 1.10. The van der Waals surface area contributed by atoms with Crippen molar-refractivity contribution in [1.82, 2.24) is 9.97 Å². The van der Waals surface area contributed by atoms with Crippen molar-refractivity contribution in [3.63, 3.8) is 0 Å². The molecular formula is C16H21N3O3S. The van der Waals surface area contributed by atoms with Crippen LogP contribution in [0, 0.1) is 19.3 Å². The molecule has 1 aliphatic carbocycles. The zero-order valence-electron chi connectivity index (χ0n) is 13.6. The van der Waals surface area contributed by atoms with Crippen LogP contribution in [-0.4, -0.2) is 41.3 Å². The Bertz CT molecular complexity index is 753. The molecule has 6 nitrogen and oxygen atoms in total. The van der Waals surface area contributed by atoms with Crippen LogP contribution < -0.4 is 5.32 Å². The van der Waals surface area contributed by atoms with Crippen molar-refractivity contribution in [3.05, 3.63) is 16.3 Å². The fraction of sp³-hybridized carbons (Fsp3) is 0.562. The van der Waals surface area contributed by atoms with E-state index in [1.54, 1.807) is 0 Å². The zero-order valence-corrected chi connectivity index (χ0v) is 14.4. The largest absolute Gasteiger partial charge is 0.465 e. The van der Waals surface area contributed by atoms with E-state index in [4.69, 9.17) is 4.74 Å². The fourth-order valence-electron chi connectivity index (χ4n) is 2.86. The van der Waals surface area contributed by atoms with E-state index in [9.17, 15) is 9.90 Å². The van der Waals surface area contributed by atoms with Gasteiger partial charge < -0.3 is 15.2 Å². The molecule has 1 saturated carbocycles. The van der Waals surface area contributed by atoms with Crippen LogP contribution in [0.4, 0.5) is 5.82 Å². The Labute approximate surface area is 138 Å². The van der Waals surface area contributed by atoms with Crippen LogP contribution in [0.2, 0.25) is 0 Å². The topological polar surface area (TPSA) is 84.3 Å². The summed E-state index contributed by atoms with van der Waals surface area (Å²) in [5.41, 5.74) is 1.04. The van der Waals surface area contributed by atoms with Crippen LogP contribution in [0.5, 0.6) is 0 Å². The number of rotatable bonds is 6. The second-order valence-corrected chi connectivity index (χ2v) is 7.17. The molecule has 2 aromatic rings. The second kappa shape index (κ2) is 6.05. The van der Waals surface area contributed by atoms with Gasteiger partial charge in [0.1, 0.15) is 21.3 Å². The number of aliphatic hydroxyl groups is 1. The van der Waals surface area contributed by atoms with E-state index in [2.05, 4.69) is 15.3 Å². The minimum atomic E-state index is -0.340. The lowest BCUT2D eigenvalue weighted by Gasteiger charge is -2.16. The van der Waals surface area contributed by atoms with Gasteiger partial charge in [0.15, 0.2) is 0 Å². The molecule has 2 N–H and O–H groups in total. The van der Waals surface area contributed by atoms with Crippen LogP contribution in [-0.2, 0) is 4.74 Å². The highest BCUT2D eigenvalue weighted by atomic mass is 32.1. The van der Waals surface area contributed by atoms with Gasteiger partial charge in [0.25, 0.3) is 0 Å². The number of esters is 1. The molecule has 0 unspecified atom stereocenters. The number of anilines is 1. The van der Waals surface area contributed by atoms with Crippen LogP contribution >= 0.6 is 11.3 Å². The third-order valence-electron chi connectivity index (χ3n) is 4.50. The van der Waals surface area contributed by atoms with Crippen molar-refractivity contribution < 1.29 is 14.6 Å². The van der Waals surface area contributed by atoms with E-state index in [0.29, 0.717) is 10.7 Å². The molecule has 124 valence electrons. The molecule has 0 aliphatic heterocycles. The third kappa shape index (κ3) is 3.03. The van der Waals surface area contributed by atoms with Gasteiger partial charge in [-0.05, 0) is 44.1 Å². The summed E-state index contributed by atoms with van der Waals surface area (Å²) in [6.45, 7) is 4.74. The molecule has 23 heavy (non-hydrogen) atoms. The van der Waals surface area contributed by atoms with Crippen molar-refractivity contribution in [2.75, 3.05) is 25.6 Å². The number of aryl methyl sites for hydroxylation is 2. The highest BCUT2D eigenvalue weighted by molar-refractivity contribution is 7.20. The minimum Gasteiger partial charge on any atom is -0.465 e. The van der Waals surface area contributed by atoms with Gasteiger partial charge in [0.2, 0.25) is 0 Å². The first-order valence-corrected chi connectivity index (χ1v) is 8.52. The molecule has 3 rings (SSSR count). The predicted octanol–water partition coefficient (Wildman–Crippen LogP) is 2.67. The first-order chi connectivity index (χ1) is 11.0. The lowest BCUT2D eigenvalue weighted by molar-refractivity contribution is 0.0605. The summed E-state index contributed by atoms with van der Waals surface area (Å²) in [5, 5.41) is 13.5. The van der Waals surface area contributed by atoms with Crippen LogP contribution in [0.3, 0.4) is 0 Å². The standard InChI is InChI=1S/C16H21N3O3S/c1-9-11-13(17-8-16(4-5-16)6-7-20)18-10(2)19-14(11)23-12(9)15(21)22-3/h20H,4-8H2,1-3H3,(H,17,18,19). The van der Waals surface area contributed by atoms with Gasteiger partial charge in [-0.1, -0.05) is 0 Å². The van der Waals surface area contributed by atoms with Crippen LogP contribution in [0.15, 0.2) is 0 Å². The molecule has 0 saturated heterocycles. The van der Waals surface area contributed by atoms with Crippen molar-refractivity contribution in [1.29, 1.82) is 0 Å². The van der Waals surface area contributed by atoms with E-state index in [1.807, 2.05) is 13.8 Å². The Morgan fingerprint density at radius 1 is 1.39 bits per heavy atom. The molecule has 1 aliphatic rings. The number of thiophene rings is 1. The van der Waals surface area contributed by atoms with Gasteiger partial charge >= 0.3 is 5.97 Å². The predicted molar refractivity (Wildman–Crippen MR) is 90.1 cm³/mol. The van der Waals surface area contributed by atoms with E-state index < -0.39 is 0 Å². The molecule has 0 spiro atoms. The molecule has 2 aromatic heterocycles.